The Morgan fingerprint density at radius 2 is 2.44 bits per heavy atom. The summed E-state index contributed by atoms with van der Waals surface area (Å²) in [5, 5.41) is 8.84. The van der Waals surface area contributed by atoms with E-state index in [4.69, 9.17) is 16.6 Å². The van der Waals surface area contributed by atoms with Crippen molar-refractivity contribution in [3.63, 3.8) is 0 Å². The fourth-order valence-electron chi connectivity index (χ4n) is 0.498. The molecule has 0 aromatic carbocycles. The Kier molecular flexibility index (Phi) is 2.08. The van der Waals surface area contributed by atoms with Gasteiger partial charge in [-0.15, -0.1) is 0 Å². The lowest BCUT2D eigenvalue weighted by Crippen LogP contribution is -2.12. The molecule has 0 saturated heterocycles. The lowest BCUT2D eigenvalue weighted by molar-refractivity contribution is 0.615. The molecule has 0 fully saturated rings. The minimum atomic E-state index is 0.387. The van der Waals surface area contributed by atoms with Crippen molar-refractivity contribution >= 4 is 24.5 Å². The normalized spacial score (nSPS) is 9.11. The Morgan fingerprint density at radius 1 is 1.67 bits per heavy atom. The van der Waals surface area contributed by atoms with Gasteiger partial charge < -0.3 is 5.02 Å². The minimum Gasteiger partial charge on any atom is -0.450 e. The van der Waals surface area contributed by atoms with E-state index in [1.165, 1.54) is 6.20 Å². The summed E-state index contributed by atoms with van der Waals surface area (Å²) >= 11 is 5.48. The van der Waals surface area contributed by atoms with Crippen LogP contribution in [0.3, 0.4) is 0 Å². The van der Waals surface area contributed by atoms with Crippen LogP contribution in [0, 0.1) is 0 Å². The van der Waals surface area contributed by atoms with Crippen LogP contribution >= 0.6 is 11.6 Å². The Bertz CT molecular complexity index is 206. The maximum Gasteiger partial charge on any atom is 0.326 e. The molecule has 4 heteroatoms. The number of nitrogens with zero attached hydrogens (tertiary/aromatic N) is 1. The second-order valence-corrected chi connectivity index (χ2v) is 1.93. The molecule has 0 amide bonds. The molecule has 0 spiro atoms. The molecule has 1 rings (SSSR count). The van der Waals surface area contributed by atoms with Crippen molar-refractivity contribution in [1.29, 1.82) is 0 Å². The van der Waals surface area contributed by atoms with Crippen LogP contribution < -0.4 is 5.46 Å². The number of hydrogen-bond acceptors (Lipinski definition) is 2. The van der Waals surface area contributed by atoms with Gasteiger partial charge in [0.1, 0.15) is 5.15 Å². The van der Waals surface area contributed by atoms with Gasteiger partial charge >= 0.3 is 7.48 Å². The van der Waals surface area contributed by atoms with Gasteiger partial charge in [0.25, 0.3) is 0 Å². The first-order chi connectivity index (χ1) is 4.33. The molecule has 0 bridgehead atoms. The molecule has 9 heavy (non-hydrogen) atoms. The molecule has 1 aromatic heterocycles. The highest BCUT2D eigenvalue weighted by atomic mass is 35.5. The van der Waals surface area contributed by atoms with Crippen LogP contribution in [0.2, 0.25) is 5.15 Å². The number of pyridine rings is 1. The number of hydrogen-bond donors (Lipinski definition) is 1. The topological polar surface area (TPSA) is 33.1 Å². The smallest absolute Gasteiger partial charge is 0.326 e. The Balaban J connectivity index is 2.94. The zero-order valence-electron chi connectivity index (χ0n) is 4.58. The molecule has 0 unspecified atom stereocenters. The van der Waals surface area contributed by atoms with E-state index in [0.29, 0.717) is 10.6 Å². The molecule has 1 N–H and O–H groups in total. The van der Waals surface area contributed by atoms with Gasteiger partial charge in [-0.2, -0.15) is 0 Å². The fraction of sp³-hybridized carbons (Fsp3) is 0. The number of aromatic nitrogens is 1. The maximum absolute atomic E-state index is 8.45. The van der Waals surface area contributed by atoms with Gasteiger partial charge in [0.15, 0.2) is 0 Å². The highest BCUT2D eigenvalue weighted by Crippen LogP contribution is 1.96. The van der Waals surface area contributed by atoms with Crippen LogP contribution in [0.4, 0.5) is 0 Å². The predicted octanol–water partition coefficient (Wildman–Crippen LogP) is -0.0282. The third-order valence-corrected chi connectivity index (χ3v) is 1.11. The number of halogens is 1. The van der Waals surface area contributed by atoms with Gasteiger partial charge in [-0.3, -0.25) is 0 Å². The summed E-state index contributed by atoms with van der Waals surface area (Å²) in [5.74, 6) is 0. The molecule has 0 aliphatic heterocycles. The average Bonchev–Trinajstić information content (AvgIpc) is 1.88. The summed E-state index contributed by atoms with van der Waals surface area (Å²) < 4.78 is 0. The largest absolute Gasteiger partial charge is 0.450 e. The van der Waals surface area contributed by atoms with Crippen LogP contribution in [-0.2, 0) is 0 Å². The molecule has 0 saturated carbocycles. The summed E-state index contributed by atoms with van der Waals surface area (Å²) in [4.78, 5) is 3.72. The molecule has 2 nitrogen and oxygen atoms in total. The van der Waals surface area contributed by atoms with Gasteiger partial charge in [-0.25, -0.2) is 4.98 Å². The van der Waals surface area contributed by atoms with E-state index in [1.807, 2.05) is 0 Å². The van der Waals surface area contributed by atoms with E-state index in [-0.39, 0.29) is 0 Å². The summed E-state index contributed by atoms with van der Waals surface area (Å²) in [5.41, 5.74) is 0.662. The lowest BCUT2D eigenvalue weighted by atomic mass is 9.90. The van der Waals surface area contributed by atoms with Crippen LogP contribution in [0.5, 0.6) is 0 Å². The van der Waals surface area contributed by atoms with Gasteiger partial charge in [0.2, 0.25) is 0 Å². The van der Waals surface area contributed by atoms with Crippen LogP contribution in [0.1, 0.15) is 0 Å². The van der Waals surface area contributed by atoms with E-state index < -0.39 is 0 Å². The second-order valence-electron chi connectivity index (χ2n) is 1.54. The fourth-order valence-corrected chi connectivity index (χ4v) is 0.680. The van der Waals surface area contributed by atoms with Crippen LogP contribution in [-0.4, -0.2) is 17.5 Å². The van der Waals surface area contributed by atoms with Crippen LogP contribution in [0.25, 0.3) is 0 Å². The summed E-state index contributed by atoms with van der Waals surface area (Å²) in [6, 6.07) is 3.23. The van der Waals surface area contributed by atoms with E-state index in [2.05, 4.69) is 4.98 Å². The Morgan fingerprint density at radius 3 is 2.89 bits per heavy atom. The Labute approximate surface area is 58.8 Å². The molecule has 0 aliphatic carbocycles. The number of rotatable bonds is 1. The van der Waals surface area contributed by atoms with Gasteiger partial charge in [0.05, 0.1) is 0 Å². The van der Waals surface area contributed by atoms with E-state index in [0.717, 1.165) is 7.48 Å². The lowest BCUT2D eigenvalue weighted by Gasteiger charge is -1.90. The molecule has 1 aromatic rings. The van der Waals surface area contributed by atoms with Crippen molar-refractivity contribution in [2.24, 2.45) is 0 Å². The third kappa shape index (κ3) is 1.70. The first kappa shape index (κ1) is 6.58. The van der Waals surface area contributed by atoms with Crippen molar-refractivity contribution < 1.29 is 5.02 Å². The summed E-state index contributed by atoms with van der Waals surface area (Å²) in [7, 11) is 0.980. The van der Waals surface area contributed by atoms with Crippen molar-refractivity contribution in [2.75, 3.05) is 0 Å². The van der Waals surface area contributed by atoms with Crippen molar-refractivity contribution in [1.82, 2.24) is 4.98 Å². The van der Waals surface area contributed by atoms with Crippen molar-refractivity contribution in [3.8, 4) is 0 Å². The summed E-state index contributed by atoms with van der Waals surface area (Å²) in [6.07, 6.45) is 1.53. The summed E-state index contributed by atoms with van der Waals surface area (Å²) in [6.45, 7) is 0. The second kappa shape index (κ2) is 2.85. The van der Waals surface area contributed by atoms with Crippen molar-refractivity contribution in [2.45, 2.75) is 0 Å². The molecule has 1 heterocycles. The van der Waals surface area contributed by atoms with E-state index in [1.54, 1.807) is 12.1 Å². The van der Waals surface area contributed by atoms with Gasteiger partial charge in [-0.05, 0) is 17.6 Å². The van der Waals surface area contributed by atoms with Gasteiger partial charge in [0, 0.05) is 6.20 Å². The third-order valence-electron chi connectivity index (χ3n) is 0.900. The standard InChI is InChI=1S/C5H4BClNO/c7-5-3-4(6-9)1-2-8-5/h1-3,9H. The van der Waals surface area contributed by atoms with Crippen LogP contribution in [0.15, 0.2) is 18.3 Å². The molecule has 0 aliphatic rings. The molecule has 1 radical (unpaired) electrons. The highest BCUT2D eigenvalue weighted by molar-refractivity contribution is 6.46. The van der Waals surface area contributed by atoms with E-state index >= 15 is 0 Å². The zero-order chi connectivity index (χ0) is 6.69. The zero-order valence-corrected chi connectivity index (χ0v) is 5.34. The van der Waals surface area contributed by atoms with Crippen molar-refractivity contribution in [3.05, 3.63) is 23.5 Å². The monoisotopic (exact) mass is 140 g/mol. The predicted molar refractivity (Wildman–Crippen MR) is 36.9 cm³/mol. The highest BCUT2D eigenvalue weighted by Gasteiger charge is 1.92. The average molecular weight is 140 g/mol. The molecular formula is C5H4BClNO. The molecule has 45 valence electrons. The molecule has 0 atom stereocenters. The quantitative estimate of drug-likeness (QED) is 0.439. The van der Waals surface area contributed by atoms with Gasteiger partial charge in [-0.1, -0.05) is 11.6 Å². The first-order valence-electron chi connectivity index (χ1n) is 2.42. The van der Waals surface area contributed by atoms with E-state index in [9.17, 15) is 0 Å². The Hall–Kier alpha value is -0.535. The first-order valence-corrected chi connectivity index (χ1v) is 2.79. The minimum absolute atomic E-state index is 0.387. The maximum atomic E-state index is 8.45. The SMILES string of the molecule is O[B]c1ccnc(Cl)c1. The molecular weight excluding hydrogens is 136 g/mol.